The largest absolute Gasteiger partial charge is 0.497 e. The molecule has 100 valence electrons. The third-order valence-electron chi connectivity index (χ3n) is 2.12. The highest BCUT2D eigenvalue weighted by molar-refractivity contribution is 6.45. The van der Waals surface area contributed by atoms with E-state index in [1.165, 1.54) is 26.4 Å². The third kappa shape index (κ3) is 3.32. The number of hydrogen-bond donors (Lipinski definition) is 3. The third-order valence-corrected chi connectivity index (χ3v) is 2.12. The van der Waals surface area contributed by atoms with Crippen LogP contribution < -0.4 is 20.6 Å². The normalized spacial score (nSPS) is 10.5. The van der Waals surface area contributed by atoms with Crippen molar-refractivity contribution in [1.82, 2.24) is 0 Å². The van der Waals surface area contributed by atoms with Gasteiger partial charge in [-0.05, 0) is 0 Å². The summed E-state index contributed by atoms with van der Waals surface area (Å²) in [5, 5.41) is 19.3. The maximum Gasteiger partial charge on any atom is 0.201 e. The second-order valence-corrected chi connectivity index (χ2v) is 3.29. The van der Waals surface area contributed by atoms with Gasteiger partial charge in [0, 0.05) is 12.1 Å². The van der Waals surface area contributed by atoms with Crippen LogP contribution in [0.5, 0.6) is 11.5 Å². The van der Waals surface area contributed by atoms with E-state index in [9.17, 15) is 4.39 Å². The van der Waals surface area contributed by atoms with Gasteiger partial charge in [-0.1, -0.05) is 0 Å². The molecule has 4 N–H and O–H groups in total. The number of nitrogens with one attached hydrogen (secondary N) is 2. The Hall–Kier alpha value is -2.82. The summed E-state index contributed by atoms with van der Waals surface area (Å²) < 4.78 is 23.7. The van der Waals surface area contributed by atoms with Crippen LogP contribution in [0.2, 0.25) is 0 Å². The first kappa shape index (κ1) is 14.2. The van der Waals surface area contributed by atoms with Crippen molar-refractivity contribution in [2.45, 2.75) is 0 Å². The van der Waals surface area contributed by atoms with Gasteiger partial charge in [0.2, 0.25) is 5.71 Å². The van der Waals surface area contributed by atoms with Crippen molar-refractivity contribution in [2.75, 3.05) is 19.6 Å². The van der Waals surface area contributed by atoms with Crippen molar-refractivity contribution in [3.63, 3.8) is 0 Å². The van der Waals surface area contributed by atoms with Gasteiger partial charge in [0.15, 0.2) is 17.4 Å². The number of anilines is 1. The molecule has 0 aliphatic carbocycles. The lowest BCUT2D eigenvalue weighted by molar-refractivity contribution is 0.375. The molecule has 7 nitrogen and oxygen atoms in total. The second kappa shape index (κ2) is 6.20. The molecule has 0 amide bonds. The molecule has 0 aliphatic heterocycles. The number of amidine groups is 1. The maximum atomic E-state index is 13.9. The maximum absolute atomic E-state index is 13.9. The molecule has 0 spiro atoms. The smallest absolute Gasteiger partial charge is 0.201 e. The summed E-state index contributed by atoms with van der Waals surface area (Å²) in [5.41, 5.74) is 6.99. The van der Waals surface area contributed by atoms with Gasteiger partial charge in [-0.25, -0.2) is 4.39 Å². The van der Waals surface area contributed by atoms with E-state index in [1.54, 1.807) is 6.07 Å². The summed E-state index contributed by atoms with van der Waals surface area (Å²) in [5.74, 6) is -0.922. The predicted octanol–water partition coefficient (Wildman–Crippen LogP) is 1.07. The number of nitrogens with zero attached hydrogens (tertiary/aromatic N) is 2. The average molecular weight is 265 g/mol. The molecule has 0 radical (unpaired) electrons. The number of methoxy groups -OCH3 is 2. The van der Waals surface area contributed by atoms with Crippen molar-refractivity contribution in [2.24, 2.45) is 10.8 Å². The molecule has 1 rings (SSSR count). The molecule has 1 aromatic rings. The van der Waals surface area contributed by atoms with Gasteiger partial charge in [-0.3, -0.25) is 10.8 Å². The van der Waals surface area contributed by atoms with Crippen LogP contribution in [-0.2, 0) is 0 Å². The zero-order valence-corrected chi connectivity index (χ0v) is 10.3. The molecule has 0 aromatic heterocycles. The Morgan fingerprint density at radius 1 is 1.47 bits per heavy atom. The van der Waals surface area contributed by atoms with Crippen LogP contribution in [0.15, 0.2) is 17.2 Å². The predicted molar refractivity (Wildman–Crippen MR) is 68.1 cm³/mol. The van der Waals surface area contributed by atoms with Crippen molar-refractivity contribution >= 4 is 17.2 Å². The summed E-state index contributed by atoms with van der Waals surface area (Å²) in [4.78, 5) is 0. The van der Waals surface area contributed by atoms with Crippen molar-refractivity contribution in [3.8, 4) is 17.6 Å². The average Bonchev–Trinajstić information content (AvgIpc) is 2.40. The van der Waals surface area contributed by atoms with Gasteiger partial charge in [-0.2, -0.15) is 10.4 Å². The molecule has 0 heterocycles. The summed E-state index contributed by atoms with van der Waals surface area (Å²) in [7, 11) is 2.72. The Morgan fingerprint density at radius 3 is 2.63 bits per heavy atom. The van der Waals surface area contributed by atoms with Crippen LogP contribution in [0, 0.1) is 22.6 Å². The summed E-state index contributed by atoms with van der Waals surface area (Å²) >= 11 is 0. The van der Waals surface area contributed by atoms with Crippen LogP contribution in [0.3, 0.4) is 0 Å². The van der Waals surface area contributed by atoms with Gasteiger partial charge in [0.25, 0.3) is 0 Å². The molecule has 0 saturated heterocycles. The first-order chi connectivity index (χ1) is 9.03. The molecule has 0 fully saturated rings. The van der Waals surface area contributed by atoms with Gasteiger partial charge < -0.3 is 15.2 Å². The number of benzene rings is 1. The minimum atomic E-state index is -0.701. The minimum Gasteiger partial charge on any atom is -0.497 e. The zero-order valence-electron chi connectivity index (χ0n) is 10.3. The van der Waals surface area contributed by atoms with Crippen LogP contribution in [0.4, 0.5) is 10.1 Å². The summed E-state index contributed by atoms with van der Waals surface area (Å²) in [6.45, 7) is 0. The van der Waals surface area contributed by atoms with E-state index in [2.05, 4.69) is 10.5 Å². The number of nitrogens with two attached hydrogens (primary N) is 1. The highest BCUT2D eigenvalue weighted by Crippen LogP contribution is 2.30. The Balaban J connectivity index is 3.14. The molecule has 0 bridgehead atoms. The number of hydrogen-bond acceptors (Lipinski definition) is 6. The van der Waals surface area contributed by atoms with Crippen LogP contribution in [0.1, 0.15) is 0 Å². The summed E-state index contributed by atoms with van der Waals surface area (Å²) in [6.07, 6.45) is 0. The fraction of sp³-hybridized carbons (Fsp3) is 0.182. The van der Waals surface area contributed by atoms with Crippen LogP contribution in [-0.4, -0.2) is 25.8 Å². The number of rotatable bonds is 5. The molecular formula is C11H12FN5O2. The molecule has 0 aliphatic rings. The summed E-state index contributed by atoms with van der Waals surface area (Å²) in [6, 6.07) is 4.29. The lowest BCUT2D eigenvalue weighted by Crippen LogP contribution is -2.22. The molecule has 0 atom stereocenters. The van der Waals surface area contributed by atoms with E-state index in [0.717, 1.165) is 0 Å². The lowest BCUT2D eigenvalue weighted by Gasteiger charge is -2.10. The Bertz CT molecular complexity index is 565. The first-order valence-electron chi connectivity index (χ1n) is 5.03. The molecular weight excluding hydrogens is 253 g/mol. The second-order valence-electron chi connectivity index (χ2n) is 3.29. The Labute approximate surface area is 108 Å². The van der Waals surface area contributed by atoms with Gasteiger partial charge in [0.05, 0.1) is 19.9 Å². The first-order valence-corrected chi connectivity index (χ1v) is 5.03. The van der Waals surface area contributed by atoms with Crippen molar-refractivity contribution < 1.29 is 13.9 Å². The standard InChI is InChI=1S/C11H12FN5O2/c1-18-6-3-7(10(12)9(4-6)19-2)16-17-8(5-13)11(14)15/h3-4,16H,1-2H3,(H3,14,15)/b17-8+. The number of halogens is 1. The van der Waals surface area contributed by atoms with Gasteiger partial charge in [0.1, 0.15) is 11.8 Å². The zero-order chi connectivity index (χ0) is 14.4. The Morgan fingerprint density at radius 2 is 2.16 bits per heavy atom. The van der Waals surface area contributed by atoms with E-state index in [0.29, 0.717) is 5.75 Å². The highest BCUT2D eigenvalue weighted by Gasteiger charge is 2.12. The van der Waals surface area contributed by atoms with E-state index in [1.807, 2.05) is 0 Å². The number of nitriles is 1. The van der Waals surface area contributed by atoms with Crippen molar-refractivity contribution in [3.05, 3.63) is 17.9 Å². The highest BCUT2D eigenvalue weighted by atomic mass is 19.1. The van der Waals surface area contributed by atoms with Gasteiger partial charge in [-0.15, -0.1) is 0 Å². The van der Waals surface area contributed by atoms with Crippen molar-refractivity contribution in [1.29, 1.82) is 10.7 Å². The fourth-order valence-corrected chi connectivity index (χ4v) is 1.18. The minimum absolute atomic E-state index is 0.0432. The molecule has 8 heteroatoms. The van der Waals surface area contributed by atoms with Crippen LogP contribution in [0.25, 0.3) is 0 Å². The van der Waals surface area contributed by atoms with Crippen LogP contribution >= 0.6 is 0 Å². The molecule has 0 unspecified atom stereocenters. The van der Waals surface area contributed by atoms with E-state index >= 15 is 0 Å². The van der Waals surface area contributed by atoms with E-state index in [-0.39, 0.29) is 17.1 Å². The molecule has 0 saturated carbocycles. The SMILES string of the molecule is COc1cc(N/N=C(\C#N)C(=N)N)c(F)c(OC)c1. The molecule has 19 heavy (non-hydrogen) atoms. The monoisotopic (exact) mass is 265 g/mol. The number of ether oxygens (including phenoxy) is 2. The van der Waals surface area contributed by atoms with Gasteiger partial charge >= 0.3 is 0 Å². The Kier molecular flexibility index (Phi) is 4.65. The van der Waals surface area contributed by atoms with E-state index < -0.39 is 11.7 Å². The lowest BCUT2D eigenvalue weighted by atomic mass is 10.2. The topological polar surface area (TPSA) is 117 Å². The molecule has 1 aromatic carbocycles. The fourth-order valence-electron chi connectivity index (χ4n) is 1.18. The quantitative estimate of drug-likeness (QED) is 0.418. The number of hydrazone groups is 1. The van der Waals surface area contributed by atoms with E-state index in [4.69, 9.17) is 25.9 Å².